The van der Waals surface area contributed by atoms with Gasteiger partial charge < -0.3 is 10.5 Å². The molecule has 0 saturated heterocycles. The van der Waals surface area contributed by atoms with E-state index in [2.05, 4.69) is 15.9 Å². The fourth-order valence-electron chi connectivity index (χ4n) is 3.42. The maximum atomic E-state index is 13.8. The number of benzene rings is 2. The van der Waals surface area contributed by atoms with Crippen LogP contribution in [0.3, 0.4) is 0 Å². The highest BCUT2D eigenvalue weighted by molar-refractivity contribution is 9.10. The molecule has 142 valence electrons. The van der Waals surface area contributed by atoms with Crippen LogP contribution in [-0.4, -0.2) is 15.5 Å². The van der Waals surface area contributed by atoms with Crippen LogP contribution in [0.2, 0.25) is 0 Å². The third-order valence-electron chi connectivity index (χ3n) is 4.78. The van der Waals surface area contributed by atoms with Gasteiger partial charge in [0.25, 0.3) is 10.0 Å². The summed E-state index contributed by atoms with van der Waals surface area (Å²) in [6.07, 6.45) is 0. The molecule has 4 rings (SSSR count). The molecule has 0 aromatic heterocycles. The Morgan fingerprint density at radius 3 is 2.68 bits per heavy atom. The molecule has 2 N–H and O–H groups in total. The molecular weight excluding hydrogens is 449 g/mol. The second-order valence-electron chi connectivity index (χ2n) is 6.28. The Balaban J connectivity index is 2.08. The Labute approximate surface area is 169 Å². The van der Waals surface area contributed by atoms with Gasteiger partial charge in [0.05, 0.1) is 16.1 Å². The van der Waals surface area contributed by atoms with Crippen LogP contribution >= 0.6 is 15.9 Å². The molecule has 6 nitrogen and oxygen atoms in total. The lowest BCUT2D eigenvalue weighted by Gasteiger charge is -2.36. The van der Waals surface area contributed by atoms with E-state index in [0.29, 0.717) is 16.8 Å². The molecule has 2 aromatic rings. The molecule has 1 atom stereocenters. The number of hydrogen-bond donors (Lipinski definition) is 1. The fourth-order valence-corrected chi connectivity index (χ4v) is 5.47. The van der Waals surface area contributed by atoms with Crippen LogP contribution in [0.25, 0.3) is 5.76 Å². The molecule has 2 aliphatic heterocycles. The zero-order chi connectivity index (χ0) is 20.2. The first-order valence-electron chi connectivity index (χ1n) is 8.12. The van der Waals surface area contributed by atoms with E-state index < -0.39 is 21.8 Å². The van der Waals surface area contributed by atoms with E-state index in [0.717, 1.165) is 4.31 Å². The summed E-state index contributed by atoms with van der Waals surface area (Å²) in [5.74, 6) is -1.63. The van der Waals surface area contributed by atoms with Crippen LogP contribution < -0.4 is 10.0 Å². The van der Waals surface area contributed by atoms with Crippen LogP contribution in [-0.2, 0) is 14.8 Å². The van der Waals surface area contributed by atoms with Gasteiger partial charge in [-0.05, 0) is 45.8 Å². The molecule has 0 radical (unpaired) electrons. The van der Waals surface area contributed by atoms with Crippen molar-refractivity contribution in [3.8, 4) is 6.07 Å². The number of ether oxygens (including phenoxy) is 1. The summed E-state index contributed by atoms with van der Waals surface area (Å²) in [4.78, 5) is -0.0991. The summed E-state index contributed by atoms with van der Waals surface area (Å²) in [6.45, 7) is 0. The second kappa shape index (κ2) is 6.36. The predicted molar refractivity (Wildman–Crippen MR) is 105 cm³/mol. The Hall–Kier alpha value is -2.83. The minimum Gasteiger partial charge on any atom is -0.439 e. The quantitative estimate of drug-likeness (QED) is 0.700. The number of nitrogens with two attached hydrogens (primary N) is 1. The highest BCUT2D eigenvalue weighted by atomic mass is 79.9. The Bertz CT molecular complexity index is 1230. The van der Waals surface area contributed by atoms with Gasteiger partial charge in [-0.1, -0.05) is 18.2 Å². The highest BCUT2D eigenvalue weighted by Gasteiger charge is 2.46. The molecule has 28 heavy (non-hydrogen) atoms. The van der Waals surface area contributed by atoms with E-state index in [9.17, 15) is 18.1 Å². The third-order valence-corrected chi connectivity index (χ3v) is 7.28. The van der Waals surface area contributed by atoms with Crippen molar-refractivity contribution >= 4 is 37.4 Å². The molecule has 0 bridgehead atoms. The first kappa shape index (κ1) is 18.5. The normalized spacial score (nSPS) is 20.2. The predicted octanol–water partition coefficient (Wildman–Crippen LogP) is 3.54. The molecule has 9 heteroatoms. The van der Waals surface area contributed by atoms with Gasteiger partial charge in [0.1, 0.15) is 22.4 Å². The van der Waals surface area contributed by atoms with Crippen molar-refractivity contribution in [1.29, 1.82) is 5.26 Å². The molecule has 0 spiro atoms. The van der Waals surface area contributed by atoms with Crippen LogP contribution in [0.5, 0.6) is 0 Å². The average molecular weight is 462 g/mol. The highest BCUT2D eigenvalue weighted by Crippen LogP contribution is 2.50. The fraction of sp³-hybridized carbons (Fsp3) is 0.105. The van der Waals surface area contributed by atoms with E-state index in [1.54, 1.807) is 24.3 Å². The number of nitrogens with zero attached hydrogens (tertiary/aromatic N) is 2. The largest absolute Gasteiger partial charge is 0.439 e. The second-order valence-corrected chi connectivity index (χ2v) is 9.07. The number of allylic oxidation sites excluding steroid dienone is 2. The smallest absolute Gasteiger partial charge is 0.264 e. The van der Waals surface area contributed by atoms with Crippen molar-refractivity contribution in [2.75, 3.05) is 11.4 Å². The maximum absolute atomic E-state index is 13.8. The topological polar surface area (TPSA) is 96.4 Å². The Kier molecular flexibility index (Phi) is 4.21. The Morgan fingerprint density at radius 2 is 2.00 bits per heavy atom. The van der Waals surface area contributed by atoms with Gasteiger partial charge in [-0.15, -0.1) is 0 Å². The standard InChI is InChI=1S/C19H13BrFN3O3S/c1-24-15-5-3-2-4-11(15)17-18(28(24,25)26)16(12(9-22)19(23)27-17)10-6-7-14(21)13(20)8-10/h2-8,16H,23H2,1H3/t16-/m0/s1. The van der Waals surface area contributed by atoms with Crippen molar-refractivity contribution in [3.05, 3.63) is 80.2 Å². The summed E-state index contributed by atoms with van der Waals surface area (Å²) in [5, 5.41) is 9.65. The van der Waals surface area contributed by atoms with Gasteiger partial charge in [0.2, 0.25) is 5.88 Å². The number of nitriles is 1. The van der Waals surface area contributed by atoms with E-state index in [1.807, 2.05) is 6.07 Å². The SMILES string of the molecule is CN1c2ccccc2C2=C([C@@H](c3ccc(F)c(Br)c3)C(C#N)=C(N)O2)S1(=O)=O. The van der Waals surface area contributed by atoms with Gasteiger partial charge in [0.15, 0.2) is 5.76 Å². The molecule has 2 heterocycles. The van der Waals surface area contributed by atoms with Gasteiger partial charge in [-0.2, -0.15) is 5.26 Å². The first-order chi connectivity index (χ1) is 13.3. The number of para-hydroxylation sites is 1. The van der Waals surface area contributed by atoms with Crippen LogP contribution in [0.15, 0.2) is 63.3 Å². The number of anilines is 1. The van der Waals surface area contributed by atoms with E-state index in [1.165, 1.54) is 25.2 Å². The van der Waals surface area contributed by atoms with E-state index >= 15 is 0 Å². The summed E-state index contributed by atoms with van der Waals surface area (Å²) in [7, 11) is -2.59. The molecular formula is C19H13BrFN3O3S. The van der Waals surface area contributed by atoms with Gasteiger partial charge in [0, 0.05) is 12.6 Å². The summed E-state index contributed by atoms with van der Waals surface area (Å²) < 4.78 is 47.4. The lowest BCUT2D eigenvalue weighted by atomic mass is 9.88. The maximum Gasteiger partial charge on any atom is 0.264 e. The summed E-state index contributed by atoms with van der Waals surface area (Å²) >= 11 is 3.11. The first-order valence-corrected chi connectivity index (χ1v) is 10.4. The lowest BCUT2D eigenvalue weighted by molar-refractivity contribution is 0.357. The third kappa shape index (κ3) is 2.52. The number of fused-ring (bicyclic) bond motifs is 2. The molecule has 2 aromatic carbocycles. The molecule has 2 aliphatic rings. The number of halogens is 2. The lowest BCUT2D eigenvalue weighted by Crippen LogP contribution is -2.37. The Morgan fingerprint density at radius 1 is 1.29 bits per heavy atom. The number of rotatable bonds is 1. The minimum atomic E-state index is -4.02. The van der Waals surface area contributed by atoms with Crippen molar-refractivity contribution in [2.24, 2.45) is 5.73 Å². The number of sulfonamides is 1. The molecule has 0 unspecified atom stereocenters. The van der Waals surface area contributed by atoms with Crippen molar-refractivity contribution < 1.29 is 17.5 Å². The molecule has 0 amide bonds. The van der Waals surface area contributed by atoms with Crippen LogP contribution in [0.1, 0.15) is 17.0 Å². The van der Waals surface area contributed by atoms with Gasteiger partial charge in [-0.25, -0.2) is 12.8 Å². The van der Waals surface area contributed by atoms with Gasteiger partial charge in [-0.3, -0.25) is 4.31 Å². The van der Waals surface area contributed by atoms with Crippen LogP contribution in [0, 0.1) is 17.1 Å². The summed E-state index contributed by atoms with van der Waals surface area (Å²) in [6, 6.07) is 12.9. The van der Waals surface area contributed by atoms with Gasteiger partial charge >= 0.3 is 0 Å². The van der Waals surface area contributed by atoms with E-state index in [4.69, 9.17) is 10.5 Å². The minimum absolute atomic E-state index is 0.0476. The molecule has 0 aliphatic carbocycles. The summed E-state index contributed by atoms with van der Waals surface area (Å²) in [5.41, 5.74) is 7.32. The van der Waals surface area contributed by atoms with E-state index in [-0.39, 0.29) is 26.6 Å². The number of hydrogen-bond acceptors (Lipinski definition) is 5. The van der Waals surface area contributed by atoms with Crippen molar-refractivity contribution in [2.45, 2.75) is 5.92 Å². The molecule has 0 fully saturated rings. The molecule has 0 saturated carbocycles. The van der Waals surface area contributed by atoms with Crippen molar-refractivity contribution in [1.82, 2.24) is 0 Å². The average Bonchev–Trinajstić information content (AvgIpc) is 2.67. The monoisotopic (exact) mass is 461 g/mol. The van der Waals surface area contributed by atoms with Crippen LogP contribution in [0.4, 0.5) is 10.1 Å². The zero-order valence-electron chi connectivity index (χ0n) is 14.5. The van der Waals surface area contributed by atoms with Crippen molar-refractivity contribution in [3.63, 3.8) is 0 Å². The zero-order valence-corrected chi connectivity index (χ0v) is 16.9.